The molecule has 0 aromatic carbocycles. The third-order valence-corrected chi connectivity index (χ3v) is 4.41. The van der Waals surface area contributed by atoms with Crippen molar-refractivity contribution >= 4 is 21.4 Å². The summed E-state index contributed by atoms with van der Waals surface area (Å²) < 4.78 is 23.9. The molecule has 6 heteroatoms. The highest BCUT2D eigenvalue weighted by Gasteiger charge is 2.16. The molecule has 0 radical (unpaired) electrons. The second-order valence-electron chi connectivity index (χ2n) is 3.66. The van der Waals surface area contributed by atoms with Gasteiger partial charge in [-0.2, -0.15) is 0 Å². The van der Waals surface area contributed by atoms with E-state index in [0.29, 0.717) is 11.6 Å². The minimum atomic E-state index is -3.30. The van der Waals surface area contributed by atoms with E-state index in [4.69, 9.17) is 11.6 Å². The van der Waals surface area contributed by atoms with Crippen LogP contribution in [0.2, 0.25) is 5.02 Å². The average molecular weight is 277 g/mol. The van der Waals surface area contributed by atoms with E-state index in [-0.39, 0.29) is 10.8 Å². The molecule has 1 aromatic heterocycles. The number of nitrogens with zero attached hydrogens (tertiary/aromatic N) is 2. The lowest BCUT2D eigenvalue weighted by Crippen LogP contribution is -2.29. The first kappa shape index (κ1) is 14.4. The Balaban J connectivity index is 2.72. The second kappa shape index (κ2) is 6.33. The quantitative estimate of drug-likeness (QED) is 0.796. The van der Waals surface area contributed by atoms with Gasteiger partial charge >= 0.3 is 0 Å². The van der Waals surface area contributed by atoms with Crippen molar-refractivity contribution in [3.8, 4) is 0 Å². The SMILES string of the molecule is CCN(CC)CCS(=O)(=O)c1ccc(Cl)cn1. The van der Waals surface area contributed by atoms with Crippen molar-refractivity contribution in [3.63, 3.8) is 0 Å². The standard InChI is InChI=1S/C11H17ClN2O2S/c1-3-14(4-2)7-8-17(15,16)11-6-5-10(12)9-13-11/h5-6,9H,3-4,7-8H2,1-2H3. The fourth-order valence-corrected chi connectivity index (χ4v) is 2.75. The largest absolute Gasteiger partial charge is 0.303 e. The van der Waals surface area contributed by atoms with Crippen LogP contribution in [-0.2, 0) is 9.84 Å². The van der Waals surface area contributed by atoms with E-state index in [9.17, 15) is 8.42 Å². The molecule has 96 valence electrons. The van der Waals surface area contributed by atoms with E-state index in [0.717, 1.165) is 13.1 Å². The topological polar surface area (TPSA) is 50.3 Å². The van der Waals surface area contributed by atoms with Gasteiger partial charge in [0.05, 0.1) is 10.8 Å². The maximum absolute atomic E-state index is 11.9. The normalized spacial score (nSPS) is 12.0. The molecule has 1 rings (SSSR count). The maximum atomic E-state index is 11.9. The van der Waals surface area contributed by atoms with Crippen LogP contribution >= 0.6 is 11.6 Å². The first-order valence-electron chi connectivity index (χ1n) is 5.56. The molecule has 1 aromatic rings. The van der Waals surface area contributed by atoms with E-state index in [2.05, 4.69) is 9.88 Å². The summed E-state index contributed by atoms with van der Waals surface area (Å²) >= 11 is 5.67. The van der Waals surface area contributed by atoms with Crippen molar-refractivity contribution in [3.05, 3.63) is 23.4 Å². The van der Waals surface area contributed by atoms with Gasteiger partial charge in [-0.25, -0.2) is 13.4 Å². The number of sulfone groups is 1. The summed E-state index contributed by atoms with van der Waals surface area (Å²) in [6, 6.07) is 2.98. The molecule has 0 saturated heterocycles. The van der Waals surface area contributed by atoms with Gasteiger partial charge in [0.25, 0.3) is 0 Å². The van der Waals surface area contributed by atoms with E-state index < -0.39 is 9.84 Å². The van der Waals surface area contributed by atoms with Gasteiger partial charge in [0.1, 0.15) is 0 Å². The highest BCUT2D eigenvalue weighted by Crippen LogP contribution is 2.12. The van der Waals surface area contributed by atoms with Crippen molar-refractivity contribution in [2.24, 2.45) is 0 Å². The van der Waals surface area contributed by atoms with Crippen LogP contribution in [0.3, 0.4) is 0 Å². The summed E-state index contributed by atoms with van der Waals surface area (Å²) in [5, 5.41) is 0.529. The van der Waals surface area contributed by atoms with Gasteiger partial charge in [-0.05, 0) is 25.2 Å². The Morgan fingerprint density at radius 3 is 2.41 bits per heavy atom. The zero-order chi connectivity index (χ0) is 12.9. The van der Waals surface area contributed by atoms with E-state index in [1.54, 1.807) is 6.07 Å². The van der Waals surface area contributed by atoms with Crippen LogP contribution in [0.4, 0.5) is 0 Å². The van der Waals surface area contributed by atoms with Crippen molar-refractivity contribution in [2.75, 3.05) is 25.4 Å². The molecule has 0 N–H and O–H groups in total. The summed E-state index contributed by atoms with van der Waals surface area (Å²) in [5.74, 6) is 0.0866. The third-order valence-electron chi connectivity index (χ3n) is 2.59. The Morgan fingerprint density at radius 2 is 1.94 bits per heavy atom. The Kier molecular flexibility index (Phi) is 5.36. The molecule has 0 atom stereocenters. The Hall–Kier alpha value is -0.650. The third kappa shape index (κ3) is 4.26. The smallest absolute Gasteiger partial charge is 0.196 e. The predicted octanol–water partition coefficient (Wildman–Crippen LogP) is 1.85. The molecular weight excluding hydrogens is 260 g/mol. The summed E-state index contributed by atoms with van der Waals surface area (Å²) in [7, 11) is -3.30. The predicted molar refractivity (Wildman–Crippen MR) is 69.1 cm³/mol. The van der Waals surface area contributed by atoms with Crippen LogP contribution < -0.4 is 0 Å². The van der Waals surface area contributed by atoms with Gasteiger partial charge in [0, 0.05) is 12.7 Å². The molecule has 0 unspecified atom stereocenters. The number of rotatable bonds is 6. The molecule has 0 amide bonds. The molecule has 0 saturated carbocycles. The molecule has 17 heavy (non-hydrogen) atoms. The van der Waals surface area contributed by atoms with Gasteiger partial charge in [-0.3, -0.25) is 0 Å². The van der Waals surface area contributed by atoms with Crippen molar-refractivity contribution in [1.29, 1.82) is 0 Å². The van der Waals surface area contributed by atoms with Gasteiger partial charge in [-0.15, -0.1) is 0 Å². The number of halogens is 1. The number of hydrogen-bond donors (Lipinski definition) is 0. The zero-order valence-electron chi connectivity index (χ0n) is 10.1. The fourth-order valence-electron chi connectivity index (χ4n) is 1.44. The summed E-state index contributed by atoms with van der Waals surface area (Å²) in [4.78, 5) is 5.90. The van der Waals surface area contributed by atoms with Crippen molar-refractivity contribution in [1.82, 2.24) is 9.88 Å². The van der Waals surface area contributed by atoms with Gasteiger partial charge in [-0.1, -0.05) is 25.4 Å². The fraction of sp³-hybridized carbons (Fsp3) is 0.545. The monoisotopic (exact) mass is 276 g/mol. The lowest BCUT2D eigenvalue weighted by atomic mass is 10.5. The summed E-state index contributed by atoms with van der Waals surface area (Å²) in [5.41, 5.74) is 0. The molecule has 1 heterocycles. The van der Waals surface area contributed by atoms with Crippen molar-refractivity contribution < 1.29 is 8.42 Å². The highest BCUT2D eigenvalue weighted by atomic mass is 35.5. The minimum absolute atomic E-state index is 0.0866. The van der Waals surface area contributed by atoms with Crippen LogP contribution in [0.15, 0.2) is 23.4 Å². The average Bonchev–Trinajstić information content (AvgIpc) is 2.31. The maximum Gasteiger partial charge on any atom is 0.196 e. The molecule has 0 fully saturated rings. The molecule has 0 aliphatic carbocycles. The molecular formula is C11H17ClN2O2S. The molecule has 4 nitrogen and oxygen atoms in total. The van der Waals surface area contributed by atoms with Crippen LogP contribution in [-0.4, -0.2) is 43.7 Å². The van der Waals surface area contributed by atoms with E-state index in [1.165, 1.54) is 12.3 Å². The second-order valence-corrected chi connectivity index (χ2v) is 6.15. The van der Waals surface area contributed by atoms with Crippen LogP contribution in [0.25, 0.3) is 0 Å². The summed E-state index contributed by atoms with van der Waals surface area (Å²) in [6.07, 6.45) is 1.35. The molecule has 0 spiro atoms. The lowest BCUT2D eigenvalue weighted by Gasteiger charge is -2.17. The number of hydrogen-bond acceptors (Lipinski definition) is 4. The zero-order valence-corrected chi connectivity index (χ0v) is 11.6. The minimum Gasteiger partial charge on any atom is -0.303 e. The van der Waals surface area contributed by atoms with E-state index in [1.807, 2.05) is 13.8 Å². The molecule has 0 aliphatic heterocycles. The van der Waals surface area contributed by atoms with Crippen LogP contribution in [0, 0.1) is 0 Å². The van der Waals surface area contributed by atoms with Gasteiger partial charge in [0.2, 0.25) is 0 Å². The lowest BCUT2D eigenvalue weighted by molar-refractivity contribution is 0.321. The van der Waals surface area contributed by atoms with Gasteiger partial charge in [0.15, 0.2) is 14.9 Å². The highest BCUT2D eigenvalue weighted by molar-refractivity contribution is 7.91. The Bertz CT molecular complexity index is 441. The Morgan fingerprint density at radius 1 is 1.29 bits per heavy atom. The molecule has 0 aliphatic rings. The first-order valence-corrected chi connectivity index (χ1v) is 7.59. The van der Waals surface area contributed by atoms with Gasteiger partial charge < -0.3 is 4.90 Å². The van der Waals surface area contributed by atoms with Crippen LogP contribution in [0.5, 0.6) is 0 Å². The molecule has 0 bridgehead atoms. The number of aromatic nitrogens is 1. The number of pyridine rings is 1. The first-order chi connectivity index (χ1) is 7.99. The Labute approximate surface area is 108 Å². The van der Waals surface area contributed by atoms with E-state index >= 15 is 0 Å². The van der Waals surface area contributed by atoms with Crippen molar-refractivity contribution in [2.45, 2.75) is 18.9 Å². The van der Waals surface area contributed by atoms with Crippen LogP contribution in [0.1, 0.15) is 13.8 Å². The summed E-state index contributed by atoms with van der Waals surface area (Å²) in [6.45, 7) is 6.24.